The number of terminal acetylenes is 1. The third kappa shape index (κ3) is 4.25. The highest BCUT2D eigenvalue weighted by atomic mass is 35.5. The van der Waals surface area contributed by atoms with Gasteiger partial charge in [0.15, 0.2) is 11.6 Å². The van der Waals surface area contributed by atoms with Gasteiger partial charge in [-0.05, 0) is 23.3 Å². The maximum absolute atomic E-state index is 14.3. The average molecular weight is 439 g/mol. The smallest absolute Gasteiger partial charge is 0.426 e. The van der Waals surface area contributed by atoms with Gasteiger partial charge in [-0.2, -0.15) is 13.2 Å². The summed E-state index contributed by atoms with van der Waals surface area (Å²) < 4.78 is 85.3. The zero-order chi connectivity index (χ0) is 22.3. The number of alkyl halides is 3. The van der Waals surface area contributed by atoms with Crippen LogP contribution in [-0.2, 0) is 22.6 Å². The number of hydrogen-bond acceptors (Lipinski definition) is 2. The summed E-state index contributed by atoms with van der Waals surface area (Å²) in [6.45, 7) is 3.77. The van der Waals surface area contributed by atoms with Crippen LogP contribution in [0.4, 0.5) is 26.3 Å². The Hall–Kier alpha value is -2.14. The fourth-order valence-corrected chi connectivity index (χ4v) is 3.46. The number of allylic oxidation sites excluding steroid dienone is 2. The summed E-state index contributed by atoms with van der Waals surface area (Å²) in [5.74, 6) is -5.13. The highest BCUT2D eigenvalue weighted by Crippen LogP contribution is 2.60. The second kappa shape index (κ2) is 7.94. The first-order valence-corrected chi connectivity index (χ1v) is 8.92. The highest BCUT2D eigenvalue weighted by Gasteiger charge is 2.62. The van der Waals surface area contributed by atoms with Crippen molar-refractivity contribution in [3.05, 3.63) is 45.3 Å². The van der Waals surface area contributed by atoms with Crippen molar-refractivity contribution in [3.63, 3.8) is 0 Å². The van der Waals surface area contributed by atoms with E-state index >= 15 is 0 Å². The molecule has 0 bridgehead atoms. The first kappa shape index (κ1) is 23.1. The van der Waals surface area contributed by atoms with Crippen LogP contribution in [0.15, 0.2) is 11.1 Å². The van der Waals surface area contributed by atoms with Crippen LogP contribution in [0.1, 0.15) is 37.5 Å². The van der Waals surface area contributed by atoms with Gasteiger partial charge in [0.1, 0.15) is 17.5 Å². The van der Waals surface area contributed by atoms with Gasteiger partial charge in [-0.15, -0.1) is 6.42 Å². The molecule has 1 aromatic rings. The molecular formula is C20H17ClF6O2. The summed E-state index contributed by atoms with van der Waals surface area (Å²) >= 11 is 5.22. The van der Waals surface area contributed by atoms with E-state index in [1.54, 1.807) is 19.8 Å². The molecule has 0 radical (unpaired) electrons. The normalized spacial score (nSPS) is 20.9. The molecule has 1 saturated carbocycles. The topological polar surface area (TPSA) is 26.3 Å². The fraction of sp³-hybridized carbons (Fsp3) is 0.450. The molecule has 0 N–H and O–H groups in total. The number of hydrogen-bond donors (Lipinski definition) is 0. The molecule has 0 aliphatic heterocycles. The van der Waals surface area contributed by atoms with E-state index in [2.05, 4.69) is 0 Å². The highest BCUT2D eigenvalue weighted by molar-refractivity contribution is 6.30. The van der Waals surface area contributed by atoms with E-state index in [4.69, 9.17) is 22.8 Å². The van der Waals surface area contributed by atoms with Gasteiger partial charge in [0, 0.05) is 5.56 Å². The van der Waals surface area contributed by atoms with Crippen LogP contribution in [0.2, 0.25) is 0 Å². The van der Waals surface area contributed by atoms with Gasteiger partial charge in [-0.25, -0.2) is 13.2 Å². The van der Waals surface area contributed by atoms with E-state index in [0.29, 0.717) is 0 Å². The lowest BCUT2D eigenvalue weighted by atomic mass is 10.00. The van der Waals surface area contributed by atoms with Crippen LogP contribution in [-0.4, -0.2) is 12.1 Å². The molecule has 2 atom stereocenters. The minimum absolute atomic E-state index is 0.0495. The van der Waals surface area contributed by atoms with Gasteiger partial charge in [-0.1, -0.05) is 44.4 Å². The lowest BCUT2D eigenvalue weighted by Gasteiger charge is -2.14. The third-order valence-corrected chi connectivity index (χ3v) is 5.48. The quantitative estimate of drug-likeness (QED) is 0.257. The molecule has 29 heavy (non-hydrogen) atoms. The molecule has 0 aromatic heterocycles. The van der Waals surface area contributed by atoms with Crippen molar-refractivity contribution >= 4 is 17.6 Å². The molecule has 0 unspecified atom stereocenters. The Bertz CT molecular complexity index is 911. The van der Waals surface area contributed by atoms with Crippen LogP contribution in [0.25, 0.3) is 0 Å². The van der Waals surface area contributed by atoms with Gasteiger partial charge >= 0.3 is 12.1 Å². The lowest BCUT2D eigenvalue weighted by molar-refractivity contribution is -0.147. The van der Waals surface area contributed by atoms with Crippen molar-refractivity contribution in [2.24, 2.45) is 17.3 Å². The fourth-order valence-electron chi connectivity index (χ4n) is 3.32. The van der Waals surface area contributed by atoms with E-state index in [1.807, 2.05) is 0 Å². The molecule has 1 fully saturated rings. The molecule has 0 spiro atoms. The summed E-state index contributed by atoms with van der Waals surface area (Å²) in [5.41, 5.74) is -2.48. The SMILES string of the molecule is C#Cc1c(F)c(F)c(COC(=O)[C@@H]2[C@H](/C=C(\Cl)C(F)(F)F)C2(C)C)c(CC)c1F. The van der Waals surface area contributed by atoms with Crippen LogP contribution in [0.5, 0.6) is 0 Å². The van der Waals surface area contributed by atoms with Crippen LogP contribution >= 0.6 is 11.6 Å². The number of carbonyl (C=O) groups is 1. The molecule has 9 heteroatoms. The Kier molecular flexibility index (Phi) is 6.34. The number of rotatable bonds is 5. The molecule has 1 aliphatic carbocycles. The number of halogens is 7. The molecule has 0 amide bonds. The molecule has 0 saturated heterocycles. The molecule has 0 heterocycles. The molecule has 1 aromatic carbocycles. The maximum atomic E-state index is 14.3. The third-order valence-electron chi connectivity index (χ3n) is 5.14. The summed E-state index contributed by atoms with van der Waals surface area (Å²) in [4.78, 5) is 12.3. The second-order valence-electron chi connectivity index (χ2n) is 7.22. The first-order valence-electron chi connectivity index (χ1n) is 8.54. The van der Waals surface area contributed by atoms with Gasteiger partial charge in [0.05, 0.1) is 11.5 Å². The Morgan fingerprint density at radius 3 is 2.28 bits per heavy atom. The standard InChI is InChI=1S/C20H17ClF6O2/c1-5-9-11(17(24)16(23)10(6-2)15(9)22)8-29-18(28)14-12(19(14,3)4)7-13(21)20(25,26)27/h2,7,12,14H,5,8H2,1,3-4H3/b13-7-/t12-,14-/m0/s1. The molecule has 1 aliphatic rings. The summed E-state index contributed by atoms with van der Waals surface area (Å²) in [6, 6.07) is 0. The van der Waals surface area contributed by atoms with Gasteiger partial charge in [-0.3, -0.25) is 4.79 Å². The van der Waals surface area contributed by atoms with Crippen molar-refractivity contribution in [3.8, 4) is 12.3 Å². The monoisotopic (exact) mass is 438 g/mol. The predicted octanol–water partition coefficient (Wildman–Crippen LogP) is 5.65. The molecule has 2 nitrogen and oxygen atoms in total. The van der Waals surface area contributed by atoms with Crippen molar-refractivity contribution in [1.29, 1.82) is 0 Å². The second-order valence-corrected chi connectivity index (χ2v) is 7.62. The van der Waals surface area contributed by atoms with E-state index < -0.39 is 69.6 Å². The van der Waals surface area contributed by atoms with Gasteiger partial charge in [0.25, 0.3) is 0 Å². The molecule has 158 valence electrons. The van der Waals surface area contributed by atoms with Crippen LogP contribution < -0.4 is 0 Å². The van der Waals surface area contributed by atoms with Crippen molar-refractivity contribution in [1.82, 2.24) is 0 Å². The van der Waals surface area contributed by atoms with E-state index in [0.717, 1.165) is 6.08 Å². The molecule has 2 rings (SSSR count). The number of ether oxygens (including phenoxy) is 1. The Morgan fingerprint density at radius 2 is 1.79 bits per heavy atom. The zero-order valence-corrected chi connectivity index (χ0v) is 16.4. The Morgan fingerprint density at radius 1 is 1.21 bits per heavy atom. The predicted molar refractivity (Wildman–Crippen MR) is 94.2 cm³/mol. The van der Waals surface area contributed by atoms with E-state index in [-0.39, 0.29) is 12.0 Å². The van der Waals surface area contributed by atoms with Crippen molar-refractivity contribution in [2.75, 3.05) is 0 Å². The molecular weight excluding hydrogens is 422 g/mol. The maximum Gasteiger partial charge on any atom is 0.426 e. The minimum atomic E-state index is -4.75. The lowest BCUT2D eigenvalue weighted by Crippen LogP contribution is -2.15. The number of benzene rings is 1. The van der Waals surface area contributed by atoms with E-state index in [1.165, 1.54) is 6.92 Å². The van der Waals surface area contributed by atoms with Gasteiger partial charge < -0.3 is 4.74 Å². The van der Waals surface area contributed by atoms with Gasteiger partial charge in [0.2, 0.25) is 0 Å². The first-order chi connectivity index (χ1) is 13.3. The number of esters is 1. The van der Waals surface area contributed by atoms with Crippen LogP contribution in [0, 0.1) is 47.0 Å². The average Bonchev–Trinajstić information content (AvgIpc) is 3.16. The summed E-state index contributed by atoms with van der Waals surface area (Å²) in [7, 11) is 0. The van der Waals surface area contributed by atoms with Crippen molar-refractivity contribution < 1.29 is 35.9 Å². The summed E-state index contributed by atoms with van der Waals surface area (Å²) in [5, 5.41) is -1.36. The Balaban J connectivity index is 2.24. The van der Waals surface area contributed by atoms with Crippen molar-refractivity contribution in [2.45, 2.75) is 40.0 Å². The number of carbonyl (C=O) groups excluding carboxylic acids is 1. The van der Waals surface area contributed by atoms with Crippen LogP contribution in [0.3, 0.4) is 0 Å². The summed E-state index contributed by atoms with van der Waals surface area (Å²) in [6.07, 6.45) is 0.932. The largest absolute Gasteiger partial charge is 0.460 e. The Labute approximate surface area is 168 Å². The minimum Gasteiger partial charge on any atom is -0.460 e. The van der Waals surface area contributed by atoms with E-state index in [9.17, 15) is 31.1 Å². The zero-order valence-electron chi connectivity index (χ0n) is 15.7.